The van der Waals surface area contributed by atoms with Gasteiger partial charge in [-0.1, -0.05) is 41.6 Å². The van der Waals surface area contributed by atoms with Gasteiger partial charge in [-0.2, -0.15) is 0 Å². The van der Waals surface area contributed by atoms with Crippen LogP contribution < -0.4 is 0 Å². The van der Waals surface area contributed by atoms with E-state index in [4.69, 9.17) is 11.6 Å². The summed E-state index contributed by atoms with van der Waals surface area (Å²) in [7, 11) is 0. The molecule has 1 saturated heterocycles. The van der Waals surface area contributed by atoms with Gasteiger partial charge in [-0.25, -0.2) is 9.38 Å². The van der Waals surface area contributed by atoms with Crippen molar-refractivity contribution in [2.45, 2.75) is 13.3 Å². The molecule has 6 heteroatoms. The highest BCUT2D eigenvalue weighted by Gasteiger charge is 2.22. The fraction of sp³-hybridized carbons (Fsp3) is 0.200. The summed E-state index contributed by atoms with van der Waals surface area (Å²) in [6.45, 7) is 2.56. The second-order valence-corrected chi connectivity index (χ2v) is 7.37. The smallest absolute Gasteiger partial charge is 0.252 e. The summed E-state index contributed by atoms with van der Waals surface area (Å²) < 4.78 is 13.0. The largest absolute Gasteiger partial charge is 0.288 e. The van der Waals surface area contributed by atoms with E-state index in [0.29, 0.717) is 16.7 Å². The summed E-state index contributed by atoms with van der Waals surface area (Å²) in [4.78, 5) is 18.9. The Morgan fingerprint density at radius 2 is 2.04 bits per heavy atom. The van der Waals surface area contributed by atoms with Crippen LogP contribution in [0.5, 0.6) is 0 Å². The molecule has 1 aliphatic rings. The lowest BCUT2D eigenvalue weighted by molar-refractivity contribution is -0.122. The highest BCUT2D eigenvalue weighted by atomic mass is 35.5. The average Bonchev–Trinajstić information content (AvgIpc) is 2.64. The van der Waals surface area contributed by atoms with Crippen LogP contribution in [0.15, 0.2) is 53.5 Å². The van der Waals surface area contributed by atoms with E-state index in [9.17, 15) is 9.18 Å². The van der Waals surface area contributed by atoms with E-state index in [1.54, 1.807) is 40.9 Å². The number of halogens is 2. The normalized spacial score (nSPS) is 16.4. The molecule has 0 radical (unpaired) electrons. The monoisotopic (exact) mass is 388 g/mol. The predicted molar refractivity (Wildman–Crippen MR) is 108 cm³/mol. The summed E-state index contributed by atoms with van der Waals surface area (Å²) in [5, 5.41) is 1.33. The number of thioether (sulfide) groups is 1. The zero-order chi connectivity index (χ0) is 18.5. The van der Waals surface area contributed by atoms with E-state index in [-0.39, 0.29) is 11.7 Å². The molecular weight excluding hydrogens is 371 g/mol. The summed E-state index contributed by atoms with van der Waals surface area (Å²) in [6.07, 6.45) is 4.09. The molecule has 3 nitrogen and oxygen atoms in total. The Morgan fingerprint density at radius 1 is 1.27 bits per heavy atom. The number of carbonyl (C=O) groups is 1. The van der Waals surface area contributed by atoms with Crippen molar-refractivity contribution < 1.29 is 9.18 Å². The van der Waals surface area contributed by atoms with E-state index in [0.717, 1.165) is 29.0 Å². The molecule has 0 aliphatic carbocycles. The van der Waals surface area contributed by atoms with Gasteiger partial charge in [-0.15, -0.1) is 0 Å². The van der Waals surface area contributed by atoms with Crippen LogP contribution in [-0.4, -0.2) is 28.3 Å². The van der Waals surface area contributed by atoms with Crippen LogP contribution in [0.1, 0.15) is 17.5 Å². The number of nitrogens with zero attached hydrogens (tertiary/aromatic N) is 2. The van der Waals surface area contributed by atoms with Gasteiger partial charge in [0.2, 0.25) is 0 Å². The molecule has 0 bridgehead atoms. The predicted octanol–water partition coefficient (Wildman–Crippen LogP) is 5.45. The first-order chi connectivity index (χ1) is 12.5. The van der Waals surface area contributed by atoms with Crippen molar-refractivity contribution in [1.29, 1.82) is 0 Å². The Hall–Kier alpha value is -2.11. The molecular formula is C20H18ClFN2OS. The number of aryl methyl sites for hydroxylation is 1. The molecule has 0 spiro atoms. The van der Waals surface area contributed by atoms with Crippen LogP contribution in [0.2, 0.25) is 5.02 Å². The van der Waals surface area contributed by atoms with Crippen molar-refractivity contribution in [2.75, 3.05) is 12.3 Å². The first-order valence-electron chi connectivity index (χ1n) is 8.26. The molecule has 3 rings (SSSR count). The van der Waals surface area contributed by atoms with Crippen LogP contribution in [-0.2, 0) is 4.79 Å². The van der Waals surface area contributed by atoms with Crippen LogP contribution in [0, 0.1) is 12.7 Å². The van der Waals surface area contributed by atoms with Crippen molar-refractivity contribution in [3.63, 3.8) is 0 Å². The summed E-state index contributed by atoms with van der Waals surface area (Å²) in [5.74, 6) is 0.481. The Bertz CT molecular complexity index is 865. The third kappa shape index (κ3) is 4.74. The first kappa shape index (κ1) is 18.7. The molecule has 0 aromatic heterocycles. The zero-order valence-electron chi connectivity index (χ0n) is 14.3. The third-order valence-corrected chi connectivity index (χ3v) is 5.39. The molecule has 0 N–H and O–H groups in total. The molecule has 26 heavy (non-hydrogen) atoms. The lowest BCUT2D eigenvalue weighted by atomic mass is 10.2. The lowest BCUT2D eigenvalue weighted by Gasteiger charge is -2.26. The highest BCUT2D eigenvalue weighted by Crippen LogP contribution is 2.26. The van der Waals surface area contributed by atoms with Gasteiger partial charge in [-0.3, -0.25) is 9.69 Å². The maximum Gasteiger partial charge on any atom is 0.252 e. The average molecular weight is 389 g/mol. The SMILES string of the molecule is Cc1ccc(N=C2SCCCN2C(=O)/C=C/c2ccc(F)cc2)cc1Cl. The van der Waals surface area contributed by atoms with E-state index in [1.165, 1.54) is 18.2 Å². The molecule has 2 aromatic rings. The maximum absolute atomic E-state index is 13.0. The van der Waals surface area contributed by atoms with Crippen molar-refractivity contribution in [1.82, 2.24) is 4.90 Å². The Kier molecular flexibility index (Phi) is 6.12. The van der Waals surface area contributed by atoms with E-state index in [2.05, 4.69) is 4.99 Å². The Balaban J connectivity index is 1.79. The lowest BCUT2D eigenvalue weighted by Crippen LogP contribution is -2.38. The minimum absolute atomic E-state index is 0.140. The second kappa shape index (κ2) is 8.52. The van der Waals surface area contributed by atoms with Gasteiger partial charge in [0.15, 0.2) is 5.17 Å². The molecule has 2 aromatic carbocycles. The fourth-order valence-electron chi connectivity index (χ4n) is 2.45. The zero-order valence-corrected chi connectivity index (χ0v) is 15.9. The third-order valence-electron chi connectivity index (χ3n) is 3.92. The van der Waals surface area contributed by atoms with Crippen LogP contribution in [0.25, 0.3) is 6.08 Å². The number of amides is 1. The number of benzene rings is 2. The Morgan fingerprint density at radius 3 is 2.77 bits per heavy atom. The number of amidine groups is 1. The topological polar surface area (TPSA) is 32.7 Å². The summed E-state index contributed by atoms with van der Waals surface area (Å²) in [6, 6.07) is 11.6. The first-order valence-corrected chi connectivity index (χ1v) is 9.62. The number of carbonyl (C=O) groups excluding carboxylic acids is 1. The summed E-state index contributed by atoms with van der Waals surface area (Å²) in [5.41, 5.74) is 2.49. The fourth-order valence-corrected chi connectivity index (χ4v) is 3.59. The van der Waals surface area contributed by atoms with Crippen molar-refractivity contribution in [3.05, 3.63) is 70.5 Å². The van der Waals surface area contributed by atoms with Crippen LogP contribution >= 0.6 is 23.4 Å². The van der Waals surface area contributed by atoms with Gasteiger partial charge in [0.1, 0.15) is 5.82 Å². The van der Waals surface area contributed by atoms with Gasteiger partial charge in [0.25, 0.3) is 5.91 Å². The molecule has 134 valence electrons. The van der Waals surface area contributed by atoms with E-state index in [1.807, 2.05) is 19.1 Å². The maximum atomic E-state index is 13.0. The van der Waals surface area contributed by atoms with Crippen molar-refractivity contribution in [2.24, 2.45) is 4.99 Å². The van der Waals surface area contributed by atoms with Crippen LogP contribution in [0.4, 0.5) is 10.1 Å². The standard InChI is InChI=1S/C20H18ClFN2OS/c1-14-3-9-17(13-18(14)21)23-20-24(11-2-12-26-20)19(25)10-6-15-4-7-16(22)8-5-15/h3-10,13H,2,11-12H2,1H3/b10-6+,23-20?. The Labute approximate surface area is 161 Å². The quantitative estimate of drug-likeness (QED) is 0.654. The summed E-state index contributed by atoms with van der Waals surface area (Å²) >= 11 is 7.72. The molecule has 1 amide bonds. The minimum atomic E-state index is -0.299. The van der Waals surface area contributed by atoms with E-state index >= 15 is 0 Å². The second-order valence-electron chi connectivity index (χ2n) is 5.90. The van der Waals surface area contributed by atoms with Crippen molar-refractivity contribution >= 4 is 46.2 Å². The van der Waals surface area contributed by atoms with Crippen LogP contribution in [0.3, 0.4) is 0 Å². The van der Waals surface area contributed by atoms with E-state index < -0.39 is 0 Å². The van der Waals surface area contributed by atoms with Gasteiger partial charge < -0.3 is 0 Å². The number of hydrogen-bond donors (Lipinski definition) is 0. The molecule has 0 saturated carbocycles. The highest BCUT2D eigenvalue weighted by molar-refractivity contribution is 8.13. The number of rotatable bonds is 3. The molecule has 1 fully saturated rings. The molecule has 0 atom stereocenters. The van der Waals surface area contributed by atoms with Crippen molar-refractivity contribution in [3.8, 4) is 0 Å². The van der Waals surface area contributed by atoms with Gasteiger partial charge in [-0.05, 0) is 54.8 Å². The van der Waals surface area contributed by atoms with Gasteiger partial charge in [0.05, 0.1) is 5.69 Å². The molecule has 0 unspecified atom stereocenters. The number of hydrogen-bond acceptors (Lipinski definition) is 3. The van der Waals surface area contributed by atoms with Gasteiger partial charge >= 0.3 is 0 Å². The van der Waals surface area contributed by atoms with Gasteiger partial charge in [0, 0.05) is 23.4 Å². The molecule has 1 aliphatic heterocycles. The number of aliphatic imine (C=N–C) groups is 1. The molecule has 1 heterocycles. The minimum Gasteiger partial charge on any atom is -0.288 e.